The highest BCUT2D eigenvalue weighted by Crippen LogP contribution is 2.18. The summed E-state index contributed by atoms with van der Waals surface area (Å²) in [5.74, 6) is 2.09. The van der Waals surface area contributed by atoms with Crippen LogP contribution in [0.3, 0.4) is 0 Å². The van der Waals surface area contributed by atoms with Crippen molar-refractivity contribution in [3.05, 3.63) is 0 Å². The lowest BCUT2D eigenvalue weighted by Crippen LogP contribution is -2.33. The summed E-state index contributed by atoms with van der Waals surface area (Å²) in [5, 5.41) is 4.09. The summed E-state index contributed by atoms with van der Waals surface area (Å²) in [6.07, 6.45) is 1.22. The number of rotatable bonds is 6. The van der Waals surface area contributed by atoms with Crippen LogP contribution in [0.25, 0.3) is 0 Å². The Labute approximate surface area is 81.7 Å². The minimum absolute atomic E-state index is 0.675. The van der Waals surface area contributed by atoms with Crippen molar-refractivity contribution in [1.29, 1.82) is 0 Å². The third-order valence-corrected chi connectivity index (χ3v) is 3.78. The molecule has 0 aliphatic carbocycles. The molecule has 0 aliphatic heterocycles. The van der Waals surface area contributed by atoms with E-state index in [1.54, 1.807) is 0 Å². The lowest BCUT2D eigenvalue weighted by Gasteiger charge is -2.22. The number of nitrogens with one attached hydrogen (secondary N) is 1. The third-order valence-electron chi connectivity index (χ3n) is 2.07. The molecule has 74 valence electrons. The Morgan fingerprint density at radius 2 is 1.83 bits per heavy atom. The van der Waals surface area contributed by atoms with Gasteiger partial charge in [0.05, 0.1) is 0 Å². The molecule has 0 aliphatic rings. The molecule has 1 N–H and O–H groups in total. The maximum Gasteiger partial charge on any atom is 0.0178 e. The summed E-state index contributed by atoms with van der Waals surface area (Å²) in [6, 6.07) is 0.675. The highest BCUT2D eigenvalue weighted by Gasteiger charge is 2.13. The van der Waals surface area contributed by atoms with E-state index in [0.717, 1.165) is 11.2 Å². The molecule has 0 bridgehead atoms. The van der Waals surface area contributed by atoms with Crippen molar-refractivity contribution >= 4 is 11.8 Å². The molecule has 0 spiro atoms. The first-order valence-electron chi connectivity index (χ1n) is 4.90. The topological polar surface area (TPSA) is 12.0 Å². The first-order chi connectivity index (χ1) is 5.61. The molecule has 2 heteroatoms. The van der Waals surface area contributed by atoms with Crippen molar-refractivity contribution in [3.63, 3.8) is 0 Å². The van der Waals surface area contributed by atoms with Crippen LogP contribution in [0.2, 0.25) is 0 Å². The Balaban J connectivity index is 3.61. The van der Waals surface area contributed by atoms with E-state index in [0.29, 0.717) is 6.04 Å². The van der Waals surface area contributed by atoms with E-state index in [2.05, 4.69) is 51.8 Å². The quantitative estimate of drug-likeness (QED) is 0.689. The lowest BCUT2D eigenvalue weighted by atomic mass is 10.2. The smallest absolute Gasteiger partial charge is 0.0178 e. The summed E-state index contributed by atoms with van der Waals surface area (Å²) in [5.41, 5.74) is 0. The SMILES string of the molecule is CCC(NC)C(C)SCC(C)C. The van der Waals surface area contributed by atoms with Gasteiger partial charge in [0, 0.05) is 11.3 Å². The molecule has 0 saturated heterocycles. The first kappa shape index (κ1) is 12.3. The molecule has 0 radical (unpaired) electrons. The van der Waals surface area contributed by atoms with Crippen LogP contribution >= 0.6 is 11.8 Å². The molecular formula is C10H23NS. The molecule has 0 saturated carbocycles. The predicted molar refractivity (Wildman–Crippen MR) is 59.9 cm³/mol. The summed E-state index contributed by atoms with van der Waals surface area (Å²) in [6.45, 7) is 9.12. The van der Waals surface area contributed by atoms with Crippen LogP contribution < -0.4 is 5.32 Å². The summed E-state index contributed by atoms with van der Waals surface area (Å²) in [7, 11) is 2.06. The summed E-state index contributed by atoms with van der Waals surface area (Å²) < 4.78 is 0. The average Bonchev–Trinajstić information content (AvgIpc) is 2.03. The zero-order chi connectivity index (χ0) is 9.56. The van der Waals surface area contributed by atoms with E-state index in [1.807, 2.05) is 0 Å². The second-order valence-electron chi connectivity index (χ2n) is 3.74. The molecule has 0 aromatic carbocycles. The maximum atomic E-state index is 3.35. The third kappa shape index (κ3) is 5.04. The van der Waals surface area contributed by atoms with E-state index in [1.165, 1.54) is 12.2 Å². The van der Waals surface area contributed by atoms with E-state index >= 15 is 0 Å². The van der Waals surface area contributed by atoms with Gasteiger partial charge in [-0.05, 0) is 25.1 Å². The van der Waals surface area contributed by atoms with Gasteiger partial charge < -0.3 is 5.32 Å². The standard InChI is InChI=1S/C10H23NS/c1-6-10(11-5)9(4)12-7-8(2)3/h8-11H,6-7H2,1-5H3. The van der Waals surface area contributed by atoms with Crippen LogP contribution in [0.15, 0.2) is 0 Å². The molecule has 0 fully saturated rings. The van der Waals surface area contributed by atoms with Gasteiger partial charge in [-0.15, -0.1) is 0 Å². The zero-order valence-corrected chi connectivity index (χ0v) is 9.87. The highest BCUT2D eigenvalue weighted by atomic mass is 32.2. The number of hydrogen-bond acceptors (Lipinski definition) is 2. The second kappa shape index (κ2) is 6.79. The van der Waals surface area contributed by atoms with Gasteiger partial charge in [-0.3, -0.25) is 0 Å². The fraction of sp³-hybridized carbons (Fsp3) is 1.00. The van der Waals surface area contributed by atoms with Gasteiger partial charge in [-0.1, -0.05) is 27.7 Å². The van der Waals surface area contributed by atoms with Gasteiger partial charge in [0.1, 0.15) is 0 Å². The molecule has 12 heavy (non-hydrogen) atoms. The Morgan fingerprint density at radius 1 is 1.25 bits per heavy atom. The molecule has 2 atom stereocenters. The molecule has 0 aromatic heterocycles. The van der Waals surface area contributed by atoms with Gasteiger partial charge in [-0.2, -0.15) is 11.8 Å². The van der Waals surface area contributed by atoms with Gasteiger partial charge in [0.2, 0.25) is 0 Å². The highest BCUT2D eigenvalue weighted by molar-refractivity contribution is 7.99. The van der Waals surface area contributed by atoms with Crippen LogP contribution in [0.1, 0.15) is 34.1 Å². The fourth-order valence-electron chi connectivity index (χ4n) is 1.23. The van der Waals surface area contributed by atoms with Crippen molar-refractivity contribution in [2.75, 3.05) is 12.8 Å². The monoisotopic (exact) mass is 189 g/mol. The van der Waals surface area contributed by atoms with Crippen molar-refractivity contribution in [2.24, 2.45) is 5.92 Å². The molecule has 0 rings (SSSR count). The minimum atomic E-state index is 0.675. The molecular weight excluding hydrogens is 166 g/mol. The summed E-state index contributed by atoms with van der Waals surface area (Å²) >= 11 is 2.08. The number of hydrogen-bond donors (Lipinski definition) is 1. The lowest BCUT2D eigenvalue weighted by molar-refractivity contribution is 0.540. The van der Waals surface area contributed by atoms with Crippen molar-refractivity contribution < 1.29 is 0 Å². The molecule has 2 unspecified atom stereocenters. The van der Waals surface area contributed by atoms with Crippen molar-refractivity contribution in [2.45, 2.75) is 45.4 Å². The molecule has 0 aromatic rings. The van der Waals surface area contributed by atoms with E-state index in [4.69, 9.17) is 0 Å². The normalized spacial score (nSPS) is 16.5. The van der Waals surface area contributed by atoms with Crippen LogP contribution in [0, 0.1) is 5.92 Å². The Bertz CT molecular complexity index is 100. The van der Waals surface area contributed by atoms with E-state index < -0.39 is 0 Å². The Hall–Kier alpha value is 0.310. The van der Waals surface area contributed by atoms with Crippen LogP contribution in [-0.4, -0.2) is 24.1 Å². The number of thioether (sulfide) groups is 1. The Morgan fingerprint density at radius 3 is 2.17 bits per heavy atom. The van der Waals surface area contributed by atoms with Gasteiger partial charge >= 0.3 is 0 Å². The second-order valence-corrected chi connectivity index (χ2v) is 5.15. The fourth-order valence-corrected chi connectivity index (χ4v) is 2.48. The first-order valence-corrected chi connectivity index (χ1v) is 5.95. The average molecular weight is 189 g/mol. The van der Waals surface area contributed by atoms with Crippen molar-refractivity contribution in [1.82, 2.24) is 5.32 Å². The van der Waals surface area contributed by atoms with Crippen LogP contribution in [-0.2, 0) is 0 Å². The van der Waals surface area contributed by atoms with Crippen LogP contribution in [0.5, 0.6) is 0 Å². The largest absolute Gasteiger partial charge is 0.316 e. The molecule has 0 heterocycles. The van der Waals surface area contributed by atoms with Crippen LogP contribution in [0.4, 0.5) is 0 Å². The minimum Gasteiger partial charge on any atom is -0.316 e. The molecule has 1 nitrogen and oxygen atoms in total. The van der Waals surface area contributed by atoms with E-state index in [-0.39, 0.29) is 0 Å². The maximum absolute atomic E-state index is 3.35. The van der Waals surface area contributed by atoms with Gasteiger partial charge in [-0.25, -0.2) is 0 Å². The molecule has 0 amide bonds. The predicted octanol–water partition coefficient (Wildman–Crippen LogP) is 2.76. The van der Waals surface area contributed by atoms with Gasteiger partial charge in [0.15, 0.2) is 0 Å². The zero-order valence-electron chi connectivity index (χ0n) is 9.05. The summed E-state index contributed by atoms with van der Waals surface area (Å²) in [4.78, 5) is 0. The van der Waals surface area contributed by atoms with E-state index in [9.17, 15) is 0 Å². The van der Waals surface area contributed by atoms with Crippen molar-refractivity contribution in [3.8, 4) is 0 Å². The van der Waals surface area contributed by atoms with Gasteiger partial charge in [0.25, 0.3) is 0 Å². The Kier molecular flexibility index (Phi) is 6.96.